The smallest absolute Gasteiger partial charge is 0.229 e. The summed E-state index contributed by atoms with van der Waals surface area (Å²) in [7, 11) is 3.34. The number of nitrogens with zero attached hydrogens (tertiary/aromatic N) is 2. The summed E-state index contributed by atoms with van der Waals surface area (Å²) in [5.41, 5.74) is 9.07. The van der Waals surface area contributed by atoms with E-state index >= 15 is 0 Å². The van der Waals surface area contributed by atoms with Gasteiger partial charge in [0, 0.05) is 37.5 Å². The third kappa shape index (κ3) is 3.06. The van der Waals surface area contributed by atoms with Crippen LogP contribution in [0.3, 0.4) is 0 Å². The van der Waals surface area contributed by atoms with Crippen molar-refractivity contribution >= 4 is 17.7 Å². The van der Waals surface area contributed by atoms with E-state index in [9.17, 15) is 4.79 Å². The summed E-state index contributed by atoms with van der Waals surface area (Å²) in [4.78, 5) is 17.3. The van der Waals surface area contributed by atoms with Crippen LogP contribution in [0.2, 0.25) is 0 Å². The van der Waals surface area contributed by atoms with Gasteiger partial charge in [0.25, 0.3) is 0 Å². The molecule has 2 N–H and O–H groups in total. The first-order valence-corrected chi connectivity index (χ1v) is 10.4. The molecule has 1 aromatic carbocycles. The number of nitrogens with two attached hydrogens (primary N) is 1. The average molecular weight is 378 g/mol. The van der Waals surface area contributed by atoms with Gasteiger partial charge in [0.15, 0.2) is 11.5 Å². The predicted octanol–water partition coefficient (Wildman–Crippen LogP) is 1.48. The molecule has 26 heavy (non-hydrogen) atoms. The largest absolute Gasteiger partial charge is 0.493 e. The molecule has 3 aliphatic heterocycles. The Labute approximate surface area is 159 Å². The molecular formula is C19H27N3O3S. The number of hydrogen-bond donors (Lipinski definition) is 1. The molecule has 1 aromatic rings. The molecule has 0 aliphatic carbocycles. The number of ether oxygens (including phenoxy) is 2. The number of rotatable bonds is 3. The van der Waals surface area contributed by atoms with Crippen molar-refractivity contribution in [2.24, 2.45) is 11.7 Å². The van der Waals surface area contributed by atoms with Gasteiger partial charge in [0.1, 0.15) is 0 Å². The zero-order valence-electron chi connectivity index (χ0n) is 15.4. The summed E-state index contributed by atoms with van der Waals surface area (Å²) in [6.07, 6.45) is 1.77. The number of thioether (sulfide) groups is 1. The topological polar surface area (TPSA) is 68.0 Å². The van der Waals surface area contributed by atoms with Crippen molar-refractivity contribution in [3.63, 3.8) is 0 Å². The number of carbonyl (C=O) groups excluding carboxylic acids is 1. The minimum Gasteiger partial charge on any atom is -0.493 e. The van der Waals surface area contributed by atoms with Crippen LogP contribution in [-0.2, 0) is 11.2 Å². The predicted molar refractivity (Wildman–Crippen MR) is 103 cm³/mol. The normalized spacial score (nSPS) is 28.4. The first-order chi connectivity index (χ1) is 12.6. The Morgan fingerprint density at radius 2 is 2.00 bits per heavy atom. The molecule has 0 bridgehead atoms. The van der Waals surface area contributed by atoms with E-state index in [2.05, 4.69) is 17.0 Å². The minimum absolute atomic E-state index is 0.0911. The lowest BCUT2D eigenvalue weighted by molar-refractivity contribution is -0.137. The number of methoxy groups -OCH3 is 2. The second-order valence-corrected chi connectivity index (χ2v) is 8.39. The molecule has 3 heterocycles. The first kappa shape index (κ1) is 17.9. The van der Waals surface area contributed by atoms with Gasteiger partial charge in [-0.2, -0.15) is 0 Å². The maximum absolute atomic E-state index is 12.9. The maximum atomic E-state index is 12.9. The lowest BCUT2D eigenvalue weighted by Gasteiger charge is -2.46. The summed E-state index contributed by atoms with van der Waals surface area (Å²) in [5, 5.41) is 0. The van der Waals surface area contributed by atoms with Gasteiger partial charge in [-0.1, -0.05) is 0 Å². The number of hydrogen-bond acceptors (Lipinski definition) is 6. The zero-order valence-corrected chi connectivity index (χ0v) is 16.3. The van der Waals surface area contributed by atoms with Crippen LogP contribution in [0.15, 0.2) is 12.1 Å². The first-order valence-electron chi connectivity index (χ1n) is 9.23. The summed E-state index contributed by atoms with van der Waals surface area (Å²) < 4.78 is 10.9. The van der Waals surface area contributed by atoms with E-state index in [0.717, 1.165) is 55.6 Å². The van der Waals surface area contributed by atoms with E-state index in [1.54, 1.807) is 14.2 Å². The number of fused-ring (bicyclic) bond motifs is 3. The lowest BCUT2D eigenvalue weighted by atomic mass is 9.80. The van der Waals surface area contributed by atoms with Gasteiger partial charge in [-0.3, -0.25) is 9.69 Å². The van der Waals surface area contributed by atoms with E-state index in [1.807, 2.05) is 16.7 Å². The van der Waals surface area contributed by atoms with Gasteiger partial charge < -0.3 is 20.1 Å². The molecule has 3 unspecified atom stereocenters. The molecule has 3 atom stereocenters. The Morgan fingerprint density at radius 1 is 1.23 bits per heavy atom. The van der Waals surface area contributed by atoms with Crippen molar-refractivity contribution in [3.05, 3.63) is 23.3 Å². The molecule has 0 radical (unpaired) electrons. The van der Waals surface area contributed by atoms with Crippen molar-refractivity contribution in [2.45, 2.75) is 24.9 Å². The fraction of sp³-hybridized carbons (Fsp3) is 0.632. The maximum Gasteiger partial charge on any atom is 0.229 e. The van der Waals surface area contributed by atoms with Crippen molar-refractivity contribution in [2.75, 3.05) is 45.5 Å². The molecule has 142 valence electrons. The van der Waals surface area contributed by atoms with E-state index in [-0.39, 0.29) is 23.9 Å². The molecular weight excluding hydrogens is 350 g/mol. The molecule has 1 amide bonds. The molecule has 0 saturated carbocycles. The number of amides is 1. The minimum atomic E-state index is -0.103. The summed E-state index contributed by atoms with van der Waals surface area (Å²) in [6, 6.07) is 4.34. The van der Waals surface area contributed by atoms with E-state index < -0.39 is 0 Å². The summed E-state index contributed by atoms with van der Waals surface area (Å²) in [5.74, 6) is 3.53. The Morgan fingerprint density at radius 3 is 2.69 bits per heavy atom. The van der Waals surface area contributed by atoms with Crippen LogP contribution < -0.4 is 15.2 Å². The fourth-order valence-corrected chi connectivity index (χ4v) is 5.42. The molecule has 4 rings (SSSR count). The number of benzene rings is 1. The number of piperidine rings is 1. The second-order valence-electron chi connectivity index (χ2n) is 7.31. The fourth-order valence-electron chi connectivity index (χ4n) is 4.47. The van der Waals surface area contributed by atoms with Gasteiger partial charge in [-0.25, -0.2) is 0 Å². The average Bonchev–Trinajstić information content (AvgIpc) is 3.20. The molecule has 2 saturated heterocycles. The highest BCUT2D eigenvalue weighted by Crippen LogP contribution is 2.42. The van der Waals surface area contributed by atoms with Gasteiger partial charge in [0.05, 0.1) is 26.0 Å². The quantitative estimate of drug-likeness (QED) is 0.861. The van der Waals surface area contributed by atoms with E-state index in [4.69, 9.17) is 15.2 Å². The molecule has 7 heteroatoms. The Balaban J connectivity index is 1.57. The lowest BCUT2D eigenvalue weighted by Crippen LogP contribution is -2.55. The highest BCUT2D eigenvalue weighted by molar-refractivity contribution is 7.99. The van der Waals surface area contributed by atoms with Crippen molar-refractivity contribution in [1.82, 2.24) is 9.80 Å². The third-order valence-electron chi connectivity index (χ3n) is 5.94. The van der Waals surface area contributed by atoms with Crippen LogP contribution in [0.25, 0.3) is 0 Å². The molecule has 2 fully saturated rings. The second kappa shape index (κ2) is 7.29. The van der Waals surface area contributed by atoms with Crippen molar-refractivity contribution in [3.8, 4) is 11.5 Å². The van der Waals surface area contributed by atoms with Gasteiger partial charge in [-0.15, -0.1) is 11.8 Å². The Kier molecular flexibility index (Phi) is 5.03. The van der Waals surface area contributed by atoms with E-state index in [1.165, 1.54) is 11.1 Å². The van der Waals surface area contributed by atoms with Crippen LogP contribution in [0.1, 0.15) is 23.6 Å². The van der Waals surface area contributed by atoms with Crippen LogP contribution >= 0.6 is 11.8 Å². The SMILES string of the molecule is COc1cc2c(cc1OC)C1CC(N)C(C(=O)N3CCSC3)CN1CC2. The van der Waals surface area contributed by atoms with Crippen LogP contribution in [0.5, 0.6) is 11.5 Å². The Hall–Kier alpha value is -1.44. The highest BCUT2D eigenvalue weighted by atomic mass is 32.2. The summed E-state index contributed by atoms with van der Waals surface area (Å²) in [6.45, 7) is 2.56. The van der Waals surface area contributed by atoms with Crippen molar-refractivity contribution < 1.29 is 14.3 Å². The summed E-state index contributed by atoms with van der Waals surface area (Å²) >= 11 is 1.82. The molecule has 6 nitrogen and oxygen atoms in total. The van der Waals surface area contributed by atoms with Crippen molar-refractivity contribution in [1.29, 1.82) is 0 Å². The molecule has 0 aromatic heterocycles. The Bertz CT molecular complexity index is 693. The monoisotopic (exact) mass is 377 g/mol. The molecule has 3 aliphatic rings. The van der Waals surface area contributed by atoms with Gasteiger partial charge in [0.2, 0.25) is 5.91 Å². The van der Waals surface area contributed by atoms with Crippen LogP contribution in [-0.4, -0.2) is 67.2 Å². The molecule has 0 spiro atoms. The zero-order chi connectivity index (χ0) is 18.3. The van der Waals surface area contributed by atoms with Gasteiger partial charge >= 0.3 is 0 Å². The standard InChI is InChI=1S/C19H27N3O3S/c1-24-17-7-12-3-4-21-10-14(19(23)22-5-6-26-11-22)15(20)9-16(21)13(12)8-18(17)25-2/h7-8,14-16H,3-6,9-11,20H2,1-2H3. The van der Waals surface area contributed by atoms with E-state index in [0.29, 0.717) is 0 Å². The van der Waals surface area contributed by atoms with Crippen LogP contribution in [0.4, 0.5) is 0 Å². The van der Waals surface area contributed by atoms with Crippen LogP contribution in [0, 0.1) is 5.92 Å². The highest BCUT2D eigenvalue weighted by Gasteiger charge is 2.42. The number of carbonyl (C=O) groups is 1. The third-order valence-corrected chi connectivity index (χ3v) is 6.90. The van der Waals surface area contributed by atoms with Gasteiger partial charge in [-0.05, 0) is 36.1 Å².